The Labute approximate surface area is 129 Å². The molecule has 2 aromatic rings. The number of phenols is 1. The van der Waals surface area contributed by atoms with Gasteiger partial charge in [0.1, 0.15) is 5.75 Å². The van der Waals surface area contributed by atoms with Crippen molar-refractivity contribution in [3.05, 3.63) is 56.1 Å². The lowest BCUT2D eigenvalue weighted by Crippen LogP contribution is -2.11. The lowest BCUT2D eigenvalue weighted by atomic mass is 10.2. The van der Waals surface area contributed by atoms with Crippen molar-refractivity contribution in [2.75, 3.05) is 5.32 Å². The highest BCUT2D eigenvalue weighted by Crippen LogP contribution is 2.23. The molecule has 2 N–H and O–H groups in total. The Morgan fingerprint density at radius 1 is 1.26 bits per heavy atom. The van der Waals surface area contributed by atoms with E-state index in [4.69, 9.17) is 11.6 Å². The SMILES string of the molecule is Cc1ccc(NC(=O)c2ccc(I)c(O)c2)cc1Cl. The number of hydrogen-bond donors (Lipinski definition) is 2. The van der Waals surface area contributed by atoms with Crippen LogP contribution in [0.25, 0.3) is 0 Å². The Hall–Kier alpha value is -1.27. The maximum absolute atomic E-state index is 12.0. The third kappa shape index (κ3) is 3.39. The first-order valence-electron chi connectivity index (χ1n) is 5.53. The van der Waals surface area contributed by atoms with Gasteiger partial charge in [0.15, 0.2) is 0 Å². The normalized spacial score (nSPS) is 10.3. The second-order valence-corrected chi connectivity index (χ2v) is 5.65. The highest BCUT2D eigenvalue weighted by Gasteiger charge is 2.09. The van der Waals surface area contributed by atoms with Gasteiger partial charge in [-0.05, 0) is 65.4 Å². The molecule has 0 saturated carbocycles. The zero-order valence-electron chi connectivity index (χ0n) is 10.1. The van der Waals surface area contributed by atoms with Crippen LogP contribution >= 0.6 is 34.2 Å². The lowest BCUT2D eigenvalue weighted by molar-refractivity contribution is 0.102. The minimum Gasteiger partial charge on any atom is -0.507 e. The largest absolute Gasteiger partial charge is 0.507 e. The molecule has 0 spiro atoms. The number of anilines is 1. The van der Waals surface area contributed by atoms with E-state index in [9.17, 15) is 9.90 Å². The number of hydrogen-bond acceptors (Lipinski definition) is 2. The van der Waals surface area contributed by atoms with E-state index in [1.165, 1.54) is 6.07 Å². The van der Waals surface area contributed by atoms with Crippen LogP contribution in [0.4, 0.5) is 5.69 Å². The topological polar surface area (TPSA) is 49.3 Å². The van der Waals surface area contributed by atoms with Gasteiger partial charge in [0, 0.05) is 16.3 Å². The van der Waals surface area contributed by atoms with Crippen molar-refractivity contribution >= 4 is 45.8 Å². The van der Waals surface area contributed by atoms with Gasteiger partial charge < -0.3 is 10.4 Å². The van der Waals surface area contributed by atoms with Crippen molar-refractivity contribution in [1.82, 2.24) is 0 Å². The Morgan fingerprint density at radius 2 is 2.00 bits per heavy atom. The summed E-state index contributed by atoms with van der Waals surface area (Å²) in [5, 5.41) is 12.9. The van der Waals surface area contributed by atoms with Crippen molar-refractivity contribution in [2.24, 2.45) is 0 Å². The molecule has 0 unspecified atom stereocenters. The van der Waals surface area contributed by atoms with E-state index in [-0.39, 0.29) is 11.7 Å². The number of carbonyl (C=O) groups is 1. The molecule has 2 aromatic carbocycles. The number of phenolic OH excluding ortho intramolecular Hbond substituents is 1. The molecule has 0 aromatic heterocycles. The van der Waals surface area contributed by atoms with Crippen molar-refractivity contribution in [1.29, 1.82) is 0 Å². The second-order valence-electron chi connectivity index (χ2n) is 4.08. The molecule has 0 aliphatic carbocycles. The van der Waals surface area contributed by atoms with Gasteiger partial charge in [-0.2, -0.15) is 0 Å². The number of benzene rings is 2. The average Bonchev–Trinajstić information content (AvgIpc) is 2.37. The predicted octanol–water partition coefficient (Wildman–Crippen LogP) is 4.21. The first-order valence-corrected chi connectivity index (χ1v) is 6.99. The Morgan fingerprint density at radius 3 is 2.63 bits per heavy atom. The van der Waals surface area contributed by atoms with Crippen LogP contribution in [0.2, 0.25) is 5.02 Å². The third-order valence-corrected chi connectivity index (χ3v) is 3.96. The smallest absolute Gasteiger partial charge is 0.255 e. The van der Waals surface area contributed by atoms with Gasteiger partial charge >= 0.3 is 0 Å². The van der Waals surface area contributed by atoms with Crippen molar-refractivity contribution < 1.29 is 9.90 Å². The van der Waals surface area contributed by atoms with Gasteiger partial charge in [0.25, 0.3) is 5.91 Å². The minimum absolute atomic E-state index is 0.0928. The van der Waals surface area contributed by atoms with Gasteiger partial charge in [-0.15, -0.1) is 0 Å². The number of aryl methyl sites for hydroxylation is 1. The molecular weight excluding hydrogens is 377 g/mol. The van der Waals surface area contributed by atoms with Crippen LogP contribution in [0, 0.1) is 10.5 Å². The van der Waals surface area contributed by atoms with Crippen LogP contribution in [-0.2, 0) is 0 Å². The zero-order valence-corrected chi connectivity index (χ0v) is 13.0. The van der Waals surface area contributed by atoms with E-state index < -0.39 is 0 Å². The minimum atomic E-state index is -0.286. The van der Waals surface area contributed by atoms with Crippen LogP contribution in [0.15, 0.2) is 36.4 Å². The van der Waals surface area contributed by atoms with Crippen LogP contribution in [0.1, 0.15) is 15.9 Å². The fraction of sp³-hybridized carbons (Fsp3) is 0.0714. The maximum atomic E-state index is 12.0. The summed E-state index contributed by atoms with van der Waals surface area (Å²) in [5.41, 5.74) is 1.97. The summed E-state index contributed by atoms with van der Waals surface area (Å²) in [5.74, 6) is -0.193. The Bertz CT molecular complexity index is 643. The van der Waals surface area contributed by atoms with Crippen LogP contribution in [0.5, 0.6) is 5.75 Å². The summed E-state index contributed by atoms with van der Waals surface area (Å²) in [7, 11) is 0. The molecule has 19 heavy (non-hydrogen) atoms. The summed E-state index contributed by atoms with van der Waals surface area (Å²) in [6.45, 7) is 1.89. The average molecular weight is 388 g/mol. The fourth-order valence-electron chi connectivity index (χ4n) is 1.53. The highest BCUT2D eigenvalue weighted by atomic mass is 127. The number of amides is 1. The molecule has 1 amide bonds. The predicted molar refractivity (Wildman–Crippen MR) is 85.0 cm³/mol. The summed E-state index contributed by atoms with van der Waals surface area (Å²) < 4.78 is 0.701. The molecule has 2 rings (SSSR count). The standard InChI is InChI=1S/C14H11ClINO2/c1-8-2-4-10(7-11(8)15)17-14(19)9-3-5-12(16)13(18)6-9/h2-7,18H,1H3,(H,17,19). The second kappa shape index (κ2) is 5.79. The van der Waals surface area contributed by atoms with E-state index in [2.05, 4.69) is 5.32 Å². The number of carbonyl (C=O) groups excluding carboxylic acids is 1. The lowest BCUT2D eigenvalue weighted by Gasteiger charge is -2.07. The number of aromatic hydroxyl groups is 1. The molecule has 0 saturated heterocycles. The summed E-state index contributed by atoms with van der Waals surface area (Å²) >= 11 is 7.99. The first kappa shape index (κ1) is 14.1. The molecule has 0 radical (unpaired) electrons. The monoisotopic (exact) mass is 387 g/mol. The molecular formula is C14H11ClINO2. The molecule has 5 heteroatoms. The number of rotatable bonds is 2. The van der Waals surface area contributed by atoms with E-state index >= 15 is 0 Å². The molecule has 0 bridgehead atoms. The third-order valence-electron chi connectivity index (χ3n) is 2.64. The molecule has 0 aliphatic heterocycles. The number of nitrogens with one attached hydrogen (secondary N) is 1. The van der Waals surface area contributed by atoms with E-state index in [0.29, 0.717) is 19.8 Å². The van der Waals surface area contributed by atoms with Crippen LogP contribution in [0.3, 0.4) is 0 Å². The van der Waals surface area contributed by atoms with E-state index in [1.54, 1.807) is 24.3 Å². The van der Waals surface area contributed by atoms with Crippen molar-refractivity contribution in [3.8, 4) is 5.75 Å². The maximum Gasteiger partial charge on any atom is 0.255 e. The fourth-order valence-corrected chi connectivity index (χ4v) is 2.04. The van der Waals surface area contributed by atoms with Gasteiger partial charge in [0.2, 0.25) is 0 Å². The summed E-state index contributed by atoms with van der Waals surface area (Å²) in [6.07, 6.45) is 0. The van der Waals surface area contributed by atoms with Gasteiger partial charge in [0.05, 0.1) is 3.57 Å². The van der Waals surface area contributed by atoms with Crippen molar-refractivity contribution in [3.63, 3.8) is 0 Å². The van der Waals surface area contributed by atoms with Crippen LogP contribution in [-0.4, -0.2) is 11.0 Å². The molecule has 0 heterocycles. The van der Waals surface area contributed by atoms with Gasteiger partial charge in [-0.25, -0.2) is 0 Å². The quantitative estimate of drug-likeness (QED) is 0.758. The van der Waals surface area contributed by atoms with E-state index in [1.807, 2.05) is 35.6 Å². The first-order chi connectivity index (χ1) is 8.97. The summed E-state index contributed by atoms with van der Waals surface area (Å²) in [6, 6.07) is 10.1. The van der Waals surface area contributed by atoms with Crippen molar-refractivity contribution in [2.45, 2.75) is 6.92 Å². The van der Waals surface area contributed by atoms with Gasteiger partial charge in [-0.3, -0.25) is 4.79 Å². The van der Waals surface area contributed by atoms with E-state index in [0.717, 1.165) is 5.56 Å². The highest BCUT2D eigenvalue weighted by molar-refractivity contribution is 14.1. The molecule has 0 atom stereocenters. The Kier molecular flexibility index (Phi) is 4.31. The molecule has 3 nitrogen and oxygen atoms in total. The summed E-state index contributed by atoms with van der Waals surface area (Å²) in [4.78, 5) is 12.0. The molecule has 0 aliphatic rings. The Balaban J connectivity index is 2.20. The molecule has 98 valence electrons. The van der Waals surface area contributed by atoms with Gasteiger partial charge in [-0.1, -0.05) is 17.7 Å². The molecule has 0 fully saturated rings. The van der Waals surface area contributed by atoms with Crippen LogP contribution < -0.4 is 5.32 Å². The zero-order chi connectivity index (χ0) is 14.0. The number of halogens is 2.